The number of ether oxygens (including phenoxy) is 1. The number of halogens is 2. The summed E-state index contributed by atoms with van der Waals surface area (Å²) in [6.07, 6.45) is 0. The number of methoxy groups -OCH3 is 1. The molecule has 0 radical (unpaired) electrons. The number of nitrogens with zero attached hydrogens (tertiary/aromatic N) is 1. The number of imide groups is 1. The van der Waals surface area contributed by atoms with Crippen LogP contribution in [0, 0.1) is 17.7 Å². The Morgan fingerprint density at radius 3 is 2.36 bits per heavy atom. The lowest BCUT2D eigenvalue weighted by atomic mass is 9.86. The van der Waals surface area contributed by atoms with E-state index in [4.69, 9.17) is 4.74 Å². The molecule has 2 amide bonds. The topological polar surface area (TPSA) is 75.7 Å². The zero-order valence-electron chi connectivity index (χ0n) is 14.8. The first-order chi connectivity index (χ1) is 13.4. The van der Waals surface area contributed by atoms with E-state index in [0.717, 1.165) is 14.9 Å². The van der Waals surface area contributed by atoms with Gasteiger partial charge in [-0.25, -0.2) is 9.29 Å². The summed E-state index contributed by atoms with van der Waals surface area (Å²) >= 11 is 3.36. The van der Waals surface area contributed by atoms with Crippen molar-refractivity contribution < 1.29 is 23.5 Å². The zero-order valence-corrected chi connectivity index (χ0v) is 16.4. The highest BCUT2D eigenvalue weighted by atomic mass is 79.9. The molecule has 8 heteroatoms. The van der Waals surface area contributed by atoms with Crippen LogP contribution < -0.4 is 10.2 Å². The van der Waals surface area contributed by atoms with Crippen LogP contribution in [0.2, 0.25) is 0 Å². The van der Waals surface area contributed by atoms with Crippen molar-refractivity contribution in [3.63, 3.8) is 0 Å². The highest BCUT2D eigenvalue weighted by Gasteiger charge is 2.61. The average Bonchev–Trinajstić information content (AvgIpc) is 3.20. The maximum Gasteiger partial charge on any atom is 0.323 e. The van der Waals surface area contributed by atoms with Crippen molar-refractivity contribution in [2.75, 3.05) is 12.0 Å². The maximum atomic E-state index is 14.3. The number of para-hydroxylation sites is 1. The number of carbonyl (C=O) groups is 3. The Morgan fingerprint density at radius 2 is 1.71 bits per heavy atom. The molecule has 2 aliphatic heterocycles. The minimum atomic E-state index is -0.989. The predicted octanol–water partition coefficient (Wildman–Crippen LogP) is 2.58. The first kappa shape index (κ1) is 18.8. The molecule has 2 aromatic carbocycles. The summed E-state index contributed by atoms with van der Waals surface area (Å²) in [5.41, 5.74) is 0.645. The molecule has 0 spiro atoms. The molecule has 0 saturated carbocycles. The second kappa shape index (κ2) is 7.10. The van der Waals surface area contributed by atoms with Crippen molar-refractivity contribution in [2.45, 2.75) is 12.1 Å². The molecule has 0 aromatic heterocycles. The van der Waals surface area contributed by atoms with E-state index in [-0.39, 0.29) is 5.69 Å². The Kier molecular flexibility index (Phi) is 4.76. The first-order valence-electron chi connectivity index (χ1n) is 8.65. The smallest absolute Gasteiger partial charge is 0.323 e. The maximum absolute atomic E-state index is 14.3. The van der Waals surface area contributed by atoms with E-state index in [2.05, 4.69) is 21.2 Å². The van der Waals surface area contributed by atoms with Gasteiger partial charge in [0.1, 0.15) is 11.9 Å². The molecule has 2 heterocycles. The number of amides is 2. The van der Waals surface area contributed by atoms with Crippen LogP contribution in [0.4, 0.5) is 10.1 Å². The van der Waals surface area contributed by atoms with Crippen LogP contribution in [0.3, 0.4) is 0 Å². The van der Waals surface area contributed by atoms with Crippen LogP contribution in [0.25, 0.3) is 0 Å². The summed E-state index contributed by atoms with van der Waals surface area (Å²) in [5, 5.41) is 3.07. The number of benzene rings is 2. The molecule has 2 saturated heterocycles. The summed E-state index contributed by atoms with van der Waals surface area (Å²) in [6, 6.07) is 11.3. The standard InChI is InChI=1S/C20H16BrFN2O4/c1-28-20(27)17-15-14(16(23-17)10-6-8-11(21)9-7-10)18(25)24(19(15)26)13-5-3-2-4-12(13)22/h2-9,14-17,23H,1H3/t14-,15+,16-,17-/m1/s1. The Balaban J connectivity index is 1.79. The second-order valence-corrected chi connectivity index (χ2v) is 7.63. The molecule has 0 unspecified atom stereocenters. The minimum absolute atomic E-state index is 0.106. The molecule has 2 aliphatic rings. The summed E-state index contributed by atoms with van der Waals surface area (Å²) in [7, 11) is 1.22. The molecule has 2 aromatic rings. The van der Waals surface area contributed by atoms with Gasteiger partial charge in [-0.2, -0.15) is 0 Å². The Labute approximate surface area is 168 Å². The fourth-order valence-corrected chi connectivity index (χ4v) is 4.26. The summed E-state index contributed by atoms with van der Waals surface area (Å²) in [5.74, 6) is -4.25. The van der Waals surface area contributed by atoms with E-state index >= 15 is 0 Å². The molecule has 1 N–H and O–H groups in total. The zero-order chi connectivity index (χ0) is 20.0. The van der Waals surface area contributed by atoms with Gasteiger partial charge in [0.25, 0.3) is 0 Å². The fourth-order valence-electron chi connectivity index (χ4n) is 4.00. The van der Waals surface area contributed by atoms with E-state index in [9.17, 15) is 18.8 Å². The second-order valence-electron chi connectivity index (χ2n) is 6.71. The van der Waals surface area contributed by atoms with E-state index in [1.807, 2.05) is 24.3 Å². The first-order valence-corrected chi connectivity index (χ1v) is 9.45. The Bertz CT molecular complexity index is 965. The van der Waals surface area contributed by atoms with Crippen LogP contribution in [0.1, 0.15) is 11.6 Å². The predicted molar refractivity (Wildman–Crippen MR) is 102 cm³/mol. The van der Waals surface area contributed by atoms with Gasteiger partial charge in [-0.15, -0.1) is 0 Å². The van der Waals surface area contributed by atoms with Crippen LogP contribution in [-0.4, -0.2) is 30.9 Å². The number of hydrogen-bond acceptors (Lipinski definition) is 5. The third-order valence-electron chi connectivity index (χ3n) is 5.25. The van der Waals surface area contributed by atoms with Gasteiger partial charge < -0.3 is 4.74 Å². The minimum Gasteiger partial charge on any atom is -0.468 e. The van der Waals surface area contributed by atoms with Crippen LogP contribution in [-0.2, 0) is 19.1 Å². The van der Waals surface area contributed by atoms with Crippen molar-refractivity contribution in [1.29, 1.82) is 0 Å². The van der Waals surface area contributed by atoms with Crippen molar-refractivity contribution >= 4 is 39.4 Å². The van der Waals surface area contributed by atoms with E-state index in [0.29, 0.717) is 0 Å². The molecule has 0 aliphatic carbocycles. The molecule has 6 nitrogen and oxygen atoms in total. The van der Waals surface area contributed by atoms with Gasteiger partial charge >= 0.3 is 5.97 Å². The number of esters is 1. The molecule has 28 heavy (non-hydrogen) atoms. The summed E-state index contributed by atoms with van der Waals surface area (Å²) < 4.78 is 20.0. The summed E-state index contributed by atoms with van der Waals surface area (Å²) in [6.45, 7) is 0. The number of hydrogen-bond donors (Lipinski definition) is 1. The Hall–Kier alpha value is -2.58. The molecule has 4 atom stereocenters. The van der Waals surface area contributed by atoms with Gasteiger partial charge in [-0.3, -0.25) is 19.7 Å². The quantitative estimate of drug-likeness (QED) is 0.579. The van der Waals surface area contributed by atoms with Gasteiger partial charge in [0.05, 0.1) is 24.6 Å². The van der Waals surface area contributed by atoms with Gasteiger partial charge in [0.2, 0.25) is 11.8 Å². The number of carbonyl (C=O) groups excluding carboxylic acids is 3. The summed E-state index contributed by atoms with van der Waals surface area (Å²) in [4.78, 5) is 39.4. The molecule has 0 bridgehead atoms. The molecule has 4 rings (SSSR count). The number of fused-ring (bicyclic) bond motifs is 1. The van der Waals surface area contributed by atoms with Gasteiger partial charge in [-0.05, 0) is 29.8 Å². The largest absolute Gasteiger partial charge is 0.468 e. The van der Waals surface area contributed by atoms with Gasteiger partial charge in [-0.1, -0.05) is 40.2 Å². The number of anilines is 1. The highest BCUT2D eigenvalue weighted by Crippen LogP contribution is 2.46. The fraction of sp³-hybridized carbons (Fsp3) is 0.250. The van der Waals surface area contributed by atoms with Gasteiger partial charge in [0, 0.05) is 10.5 Å². The monoisotopic (exact) mass is 446 g/mol. The lowest BCUT2D eigenvalue weighted by Crippen LogP contribution is -2.44. The van der Waals surface area contributed by atoms with Crippen molar-refractivity contribution in [3.05, 3.63) is 64.4 Å². The van der Waals surface area contributed by atoms with Crippen molar-refractivity contribution in [1.82, 2.24) is 5.32 Å². The SMILES string of the molecule is COC(=O)[C@@H]1N[C@H](c2ccc(Br)cc2)[C@@H]2C(=O)N(c3ccccc3F)C(=O)[C@@H]21. The van der Waals surface area contributed by atoms with Crippen molar-refractivity contribution in [2.24, 2.45) is 11.8 Å². The third-order valence-corrected chi connectivity index (χ3v) is 5.78. The highest BCUT2D eigenvalue weighted by molar-refractivity contribution is 9.10. The van der Waals surface area contributed by atoms with E-state index < -0.39 is 47.5 Å². The van der Waals surface area contributed by atoms with Crippen LogP contribution >= 0.6 is 15.9 Å². The molecule has 2 fully saturated rings. The molecule has 144 valence electrons. The lowest BCUT2D eigenvalue weighted by molar-refractivity contribution is -0.145. The van der Waals surface area contributed by atoms with E-state index in [1.54, 1.807) is 6.07 Å². The lowest BCUT2D eigenvalue weighted by Gasteiger charge is -2.22. The van der Waals surface area contributed by atoms with Gasteiger partial charge in [0.15, 0.2) is 0 Å². The number of rotatable bonds is 3. The average molecular weight is 447 g/mol. The molecular formula is C20H16BrFN2O4. The van der Waals surface area contributed by atoms with Crippen molar-refractivity contribution in [3.8, 4) is 0 Å². The third kappa shape index (κ3) is 2.84. The Morgan fingerprint density at radius 1 is 1.07 bits per heavy atom. The van der Waals surface area contributed by atoms with Crippen LogP contribution in [0.15, 0.2) is 53.0 Å². The normalized spacial score (nSPS) is 26.5. The van der Waals surface area contributed by atoms with E-state index in [1.165, 1.54) is 25.3 Å². The molecular weight excluding hydrogens is 431 g/mol. The number of nitrogens with one attached hydrogen (secondary N) is 1. The van der Waals surface area contributed by atoms with Crippen LogP contribution in [0.5, 0.6) is 0 Å².